The van der Waals surface area contributed by atoms with Crippen LogP contribution in [-0.4, -0.2) is 30.5 Å². The zero-order chi connectivity index (χ0) is 15.2. The van der Waals surface area contributed by atoms with Crippen molar-refractivity contribution < 1.29 is 9.47 Å². The van der Waals surface area contributed by atoms with E-state index in [1.54, 1.807) is 13.3 Å². The smallest absolute Gasteiger partial charge is 0.161 e. The van der Waals surface area contributed by atoms with E-state index >= 15 is 0 Å². The maximum Gasteiger partial charge on any atom is 0.161 e. The van der Waals surface area contributed by atoms with E-state index in [2.05, 4.69) is 10.4 Å². The lowest BCUT2D eigenvalue weighted by Crippen LogP contribution is -2.26. The van der Waals surface area contributed by atoms with Crippen molar-refractivity contribution in [2.24, 2.45) is 0 Å². The van der Waals surface area contributed by atoms with E-state index in [0.29, 0.717) is 11.6 Å². The summed E-state index contributed by atoms with van der Waals surface area (Å²) in [6.07, 6.45) is 1.73. The largest absolute Gasteiger partial charge is 0.493 e. The number of nitrogens with one attached hydrogen (secondary N) is 1. The van der Waals surface area contributed by atoms with Crippen molar-refractivity contribution >= 4 is 11.6 Å². The molecule has 0 radical (unpaired) electrons. The van der Waals surface area contributed by atoms with Crippen molar-refractivity contribution in [2.75, 3.05) is 20.8 Å². The lowest BCUT2D eigenvalue weighted by Gasteiger charge is -2.19. The van der Waals surface area contributed by atoms with E-state index in [1.165, 1.54) is 0 Å². The standard InChI is InChI=1S/C15H20ClN3O2/c1-4-19-15(14(20-3)9-18-19)13(17-2)10-21-12-7-5-11(16)6-8-12/h5-9,13,17H,4,10H2,1-3H3. The number of ether oxygens (including phenoxy) is 2. The van der Waals surface area contributed by atoms with Gasteiger partial charge in [-0.15, -0.1) is 0 Å². The van der Waals surface area contributed by atoms with Gasteiger partial charge in [0.15, 0.2) is 5.75 Å². The Bertz CT molecular complexity index is 547. The van der Waals surface area contributed by atoms with Gasteiger partial charge in [-0.05, 0) is 38.2 Å². The average Bonchev–Trinajstić information content (AvgIpc) is 2.93. The van der Waals surface area contributed by atoms with Crippen LogP contribution in [0, 0.1) is 0 Å². The van der Waals surface area contributed by atoms with Gasteiger partial charge in [-0.3, -0.25) is 4.68 Å². The summed E-state index contributed by atoms with van der Waals surface area (Å²) in [5, 5.41) is 8.26. The van der Waals surface area contributed by atoms with Crippen LogP contribution in [0.1, 0.15) is 18.7 Å². The SMILES string of the molecule is CCn1ncc(OC)c1C(COc1ccc(Cl)cc1)NC. The highest BCUT2D eigenvalue weighted by molar-refractivity contribution is 6.30. The second-order valence-corrected chi connectivity index (χ2v) is 4.96. The lowest BCUT2D eigenvalue weighted by atomic mass is 10.2. The Morgan fingerprint density at radius 1 is 1.33 bits per heavy atom. The van der Waals surface area contributed by atoms with Crippen LogP contribution in [0.25, 0.3) is 0 Å². The van der Waals surface area contributed by atoms with Crippen LogP contribution in [0.2, 0.25) is 5.02 Å². The number of likely N-dealkylation sites (N-methyl/N-ethyl adjacent to an activating group) is 1. The fourth-order valence-corrected chi connectivity index (χ4v) is 2.27. The zero-order valence-corrected chi connectivity index (χ0v) is 13.2. The van der Waals surface area contributed by atoms with Crippen molar-refractivity contribution in [2.45, 2.75) is 19.5 Å². The number of nitrogens with zero attached hydrogens (tertiary/aromatic N) is 2. The third-order valence-electron chi connectivity index (χ3n) is 3.27. The third kappa shape index (κ3) is 3.68. The Morgan fingerprint density at radius 3 is 2.62 bits per heavy atom. The van der Waals surface area contributed by atoms with E-state index in [1.807, 2.05) is 42.9 Å². The van der Waals surface area contributed by atoms with Gasteiger partial charge in [0.25, 0.3) is 0 Å². The Balaban J connectivity index is 2.12. The van der Waals surface area contributed by atoms with E-state index in [4.69, 9.17) is 21.1 Å². The molecule has 1 heterocycles. The van der Waals surface area contributed by atoms with E-state index in [-0.39, 0.29) is 6.04 Å². The summed E-state index contributed by atoms with van der Waals surface area (Å²) >= 11 is 5.87. The number of hydrogen-bond donors (Lipinski definition) is 1. The van der Waals surface area contributed by atoms with Gasteiger partial charge in [-0.25, -0.2) is 0 Å². The zero-order valence-electron chi connectivity index (χ0n) is 12.5. The van der Waals surface area contributed by atoms with Crippen LogP contribution < -0.4 is 14.8 Å². The van der Waals surface area contributed by atoms with Gasteiger partial charge >= 0.3 is 0 Å². The Hall–Kier alpha value is -1.72. The Kier molecular flexibility index (Phi) is 5.47. The van der Waals surface area contributed by atoms with Gasteiger partial charge in [-0.2, -0.15) is 5.10 Å². The second-order valence-electron chi connectivity index (χ2n) is 4.52. The molecule has 0 bridgehead atoms. The first-order valence-corrected chi connectivity index (χ1v) is 7.22. The molecule has 0 aliphatic carbocycles. The van der Waals surface area contributed by atoms with Crippen LogP contribution in [-0.2, 0) is 6.54 Å². The highest BCUT2D eigenvalue weighted by atomic mass is 35.5. The minimum atomic E-state index is -0.0157. The molecule has 5 nitrogen and oxygen atoms in total. The van der Waals surface area contributed by atoms with Crippen molar-refractivity contribution in [1.29, 1.82) is 0 Å². The van der Waals surface area contributed by atoms with Crippen LogP contribution in [0.3, 0.4) is 0 Å². The number of rotatable bonds is 7. The fraction of sp³-hybridized carbons (Fsp3) is 0.400. The number of aryl methyl sites for hydroxylation is 1. The summed E-state index contributed by atoms with van der Waals surface area (Å²) in [5.41, 5.74) is 0.983. The predicted molar refractivity (Wildman–Crippen MR) is 83.2 cm³/mol. The van der Waals surface area contributed by atoms with Crippen molar-refractivity contribution in [3.63, 3.8) is 0 Å². The highest BCUT2D eigenvalue weighted by Gasteiger charge is 2.20. The van der Waals surface area contributed by atoms with Crippen molar-refractivity contribution in [3.05, 3.63) is 41.2 Å². The first-order chi connectivity index (χ1) is 10.2. The molecule has 1 aromatic carbocycles. The summed E-state index contributed by atoms with van der Waals surface area (Å²) in [6.45, 7) is 3.29. The summed E-state index contributed by atoms with van der Waals surface area (Å²) in [5.74, 6) is 1.54. The molecule has 0 spiro atoms. The predicted octanol–water partition coefficient (Wildman–Crippen LogP) is 2.90. The van der Waals surface area contributed by atoms with Crippen LogP contribution in [0.15, 0.2) is 30.5 Å². The minimum Gasteiger partial charge on any atom is -0.493 e. The molecule has 1 aromatic heterocycles. The molecule has 0 aliphatic rings. The normalized spacial score (nSPS) is 12.2. The molecule has 1 atom stereocenters. The van der Waals surface area contributed by atoms with Gasteiger partial charge in [0, 0.05) is 11.6 Å². The molecule has 0 saturated carbocycles. The first kappa shape index (κ1) is 15.7. The van der Waals surface area contributed by atoms with Crippen LogP contribution in [0.4, 0.5) is 0 Å². The number of hydrogen-bond acceptors (Lipinski definition) is 4. The molecule has 114 valence electrons. The topological polar surface area (TPSA) is 48.3 Å². The molecule has 1 N–H and O–H groups in total. The number of methoxy groups -OCH3 is 1. The number of halogens is 1. The molecule has 0 aliphatic heterocycles. The minimum absolute atomic E-state index is 0.0157. The van der Waals surface area contributed by atoms with E-state index < -0.39 is 0 Å². The summed E-state index contributed by atoms with van der Waals surface area (Å²) in [6, 6.07) is 7.30. The molecule has 0 fully saturated rings. The highest BCUT2D eigenvalue weighted by Crippen LogP contribution is 2.26. The summed E-state index contributed by atoms with van der Waals surface area (Å²) < 4.78 is 13.1. The summed E-state index contributed by atoms with van der Waals surface area (Å²) in [4.78, 5) is 0. The second kappa shape index (κ2) is 7.33. The average molecular weight is 310 g/mol. The van der Waals surface area contributed by atoms with Crippen molar-refractivity contribution in [3.8, 4) is 11.5 Å². The molecular formula is C15H20ClN3O2. The quantitative estimate of drug-likeness (QED) is 0.854. The van der Waals surface area contributed by atoms with E-state index in [0.717, 1.165) is 23.7 Å². The molecule has 21 heavy (non-hydrogen) atoms. The van der Waals surface area contributed by atoms with Gasteiger partial charge in [0.05, 0.1) is 19.3 Å². The number of benzene rings is 1. The van der Waals surface area contributed by atoms with Crippen LogP contribution >= 0.6 is 11.6 Å². The van der Waals surface area contributed by atoms with Crippen molar-refractivity contribution in [1.82, 2.24) is 15.1 Å². The van der Waals surface area contributed by atoms with Gasteiger partial charge in [0.2, 0.25) is 0 Å². The van der Waals surface area contributed by atoms with Gasteiger partial charge < -0.3 is 14.8 Å². The Labute approximate surface area is 129 Å². The third-order valence-corrected chi connectivity index (χ3v) is 3.53. The van der Waals surface area contributed by atoms with E-state index in [9.17, 15) is 0 Å². The van der Waals surface area contributed by atoms with Gasteiger partial charge in [-0.1, -0.05) is 11.6 Å². The Morgan fingerprint density at radius 2 is 2.05 bits per heavy atom. The molecule has 0 saturated heterocycles. The molecular weight excluding hydrogens is 290 g/mol. The molecule has 2 rings (SSSR count). The summed E-state index contributed by atoms with van der Waals surface area (Å²) in [7, 11) is 3.54. The molecule has 6 heteroatoms. The first-order valence-electron chi connectivity index (χ1n) is 6.84. The maximum atomic E-state index is 5.87. The van der Waals surface area contributed by atoms with Gasteiger partial charge in [0.1, 0.15) is 18.1 Å². The number of aromatic nitrogens is 2. The van der Waals surface area contributed by atoms with Crippen LogP contribution in [0.5, 0.6) is 11.5 Å². The lowest BCUT2D eigenvalue weighted by molar-refractivity contribution is 0.261. The molecule has 0 amide bonds. The molecule has 2 aromatic rings. The fourth-order valence-electron chi connectivity index (χ4n) is 2.15. The molecule has 1 unspecified atom stereocenters. The monoisotopic (exact) mass is 309 g/mol. The maximum absolute atomic E-state index is 5.87.